The van der Waals surface area contributed by atoms with E-state index in [1.165, 1.54) is 19.6 Å². The SMILES string of the molecule is COc1cc(C=NNC(=O)C2CCCCC2)ccc1O. The van der Waals surface area contributed by atoms with Crippen LogP contribution in [0.5, 0.6) is 11.5 Å². The monoisotopic (exact) mass is 276 g/mol. The van der Waals surface area contributed by atoms with E-state index in [0.29, 0.717) is 5.75 Å². The Kier molecular flexibility index (Phi) is 4.98. The third kappa shape index (κ3) is 3.73. The molecule has 1 aromatic carbocycles. The molecular formula is C15H20N2O3. The third-order valence-electron chi connectivity index (χ3n) is 3.57. The first-order chi connectivity index (χ1) is 9.70. The minimum absolute atomic E-state index is 0.00769. The minimum Gasteiger partial charge on any atom is -0.504 e. The predicted molar refractivity (Wildman–Crippen MR) is 77.0 cm³/mol. The van der Waals surface area contributed by atoms with Crippen LogP contribution in [0.15, 0.2) is 23.3 Å². The summed E-state index contributed by atoms with van der Waals surface area (Å²) in [6.07, 6.45) is 6.92. The number of carbonyl (C=O) groups excluding carboxylic acids is 1. The van der Waals surface area contributed by atoms with Crippen molar-refractivity contribution in [3.05, 3.63) is 23.8 Å². The average molecular weight is 276 g/mol. The Hall–Kier alpha value is -2.04. The normalized spacial score (nSPS) is 16.2. The predicted octanol–water partition coefficient (Wildman–Crippen LogP) is 2.43. The molecule has 0 saturated heterocycles. The standard InChI is InChI=1S/C15H20N2O3/c1-20-14-9-11(7-8-13(14)18)10-16-17-15(19)12-5-3-2-4-6-12/h7-10,12,18H,2-6H2,1H3,(H,17,19). The first-order valence-corrected chi connectivity index (χ1v) is 6.90. The van der Waals surface area contributed by atoms with E-state index in [9.17, 15) is 9.90 Å². The van der Waals surface area contributed by atoms with Gasteiger partial charge in [-0.1, -0.05) is 19.3 Å². The van der Waals surface area contributed by atoms with E-state index in [4.69, 9.17) is 4.74 Å². The zero-order valence-electron chi connectivity index (χ0n) is 11.6. The average Bonchev–Trinajstić information content (AvgIpc) is 2.49. The Morgan fingerprint density at radius 2 is 2.15 bits per heavy atom. The third-order valence-corrected chi connectivity index (χ3v) is 3.57. The van der Waals surface area contributed by atoms with Crippen molar-refractivity contribution in [1.82, 2.24) is 5.43 Å². The lowest BCUT2D eigenvalue weighted by molar-refractivity contribution is -0.125. The van der Waals surface area contributed by atoms with E-state index in [2.05, 4.69) is 10.5 Å². The van der Waals surface area contributed by atoms with Crippen molar-refractivity contribution in [2.45, 2.75) is 32.1 Å². The number of rotatable bonds is 4. The van der Waals surface area contributed by atoms with Crippen LogP contribution < -0.4 is 10.2 Å². The maximum absolute atomic E-state index is 11.9. The second-order valence-corrected chi connectivity index (χ2v) is 5.00. The van der Waals surface area contributed by atoms with E-state index in [1.807, 2.05) is 0 Å². The number of hydrazone groups is 1. The molecule has 108 valence electrons. The van der Waals surface area contributed by atoms with Crippen LogP contribution in [0, 0.1) is 5.92 Å². The molecule has 0 spiro atoms. The van der Waals surface area contributed by atoms with E-state index in [0.717, 1.165) is 31.2 Å². The zero-order chi connectivity index (χ0) is 14.4. The highest BCUT2D eigenvalue weighted by atomic mass is 16.5. The highest BCUT2D eigenvalue weighted by Crippen LogP contribution is 2.25. The van der Waals surface area contributed by atoms with Gasteiger partial charge in [-0.05, 0) is 36.6 Å². The summed E-state index contributed by atoms with van der Waals surface area (Å²) < 4.78 is 5.01. The molecular weight excluding hydrogens is 256 g/mol. The largest absolute Gasteiger partial charge is 0.504 e. The van der Waals surface area contributed by atoms with Gasteiger partial charge in [-0.2, -0.15) is 5.10 Å². The van der Waals surface area contributed by atoms with Crippen LogP contribution in [-0.4, -0.2) is 24.3 Å². The van der Waals surface area contributed by atoms with Crippen molar-refractivity contribution in [1.29, 1.82) is 0 Å². The Morgan fingerprint density at radius 1 is 1.40 bits per heavy atom. The van der Waals surface area contributed by atoms with Crippen LogP contribution in [0.4, 0.5) is 0 Å². The van der Waals surface area contributed by atoms with Crippen LogP contribution >= 0.6 is 0 Å². The molecule has 0 aromatic heterocycles. The van der Waals surface area contributed by atoms with E-state index in [1.54, 1.807) is 18.3 Å². The number of phenolic OH excluding ortho intramolecular Hbond substituents is 1. The van der Waals surface area contributed by atoms with Crippen molar-refractivity contribution >= 4 is 12.1 Å². The number of methoxy groups -OCH3 is 1. The number of phenols is 1. The van der Waals surface area contributed by atoms with Gasteiger partial charge in [0.1, 0.15) is 0 Å². The number of aromatic hydroxyl groups is 1. The summed E-state index contributed by atoms with van der Waals surface area (Å²) in [6.45, 7) is 0. The van der Waals surface area contributed by atoms with Crippen molar-refractivity contribution in [3.63, 3.8) is 0 Å². The van der Waals surface area contributed by atoms with Gasteiger partial charge in [0.05, 0.1) is 13.3 Å². The Labute approximate surface area is 118 Å². The second-order valence-electron chi connectivity index (χ2n) is 5.00. The molecule has 0 atom stereocenters. The van der Waals surface area contributed by atoms with Gasteiger partial charge in [0.2, 0.25) is 5.91 Å². The fraction of sp³-hybridized carbons (Fsp3) is 0.467. The van der Waals surface area contributed by atoms with E-state index in [-0.39, 0.29) is 17.6 Å². The minimum atomic E-state index is -0.00769. The Bertz CT molecular complexity index is 494. The molecule has 5 heteroatoms. The van der Waals surface area contributed by atoms with E-state index >= 15 is 0 Å². The summed E-state index contributed by atoms with van der Waals surface area (Å²) in [6, 6.07) is 4.89. The number of amides is 1. The van der Waals surface area contributed by atoms with Gasteiger partial charge in [0, 0.05) is 5.92 Å². The number of nitrogens with one attached hydrogen (secondary N) is 1. The molecule has 0 heterocycles. The van der Waals surface area contributed by atoms with Gasteiger partial charge in [0.25, 0.3) is 0 Å². The fourth-order valence-electron chi connectivity index (χ4n) is 2.40. The summed E-state index contributed by atoms with van der Waals surface area (Å²) in [5, 5.41) is 13.4. The van der Waals surface area contributed by atoms with Crippen LogP contribution in [0.3, 0.4) is 0 Å². The molecule has 1 saturated carbocycles. The van der Waals surface area contributed by atoms with Gasteiger partial charge in [-0.25, -0.2) is 5.43 Å². The summed E-state index contributed by atoms with van der Waals surface area (Å²) >= 11 is 0. The van der Waals surface area contributed by atoms with Gasteiger partial charge in [-0.3, -0.25) is 4.79 Å². The Morgan fingerprint density at radius 3 is 2.85 bits per heavy atom. The lowest BCUT2D eigenvalue weighted by Crippen LogP contribution is -2.28. The number of hydrogen-bond donors (Lipinski definition) is 2. The fourth-order valence-corrected chi connectivity index (χ4v) is 2.40. The van der Waals surface area contributed by atoms with Gasteiger partial charge in [-0.15, -0.1) is 0 Å². The van der Waals surface area contributed by atoms with Crippen molar-refractivity contribution < 1.29 is 14.6 Å². The lowest BCUT2D eigenvalue weighted by Gasteiger charge is -2.19. The smallest absolute Gasteiger partial charge is 0.243 e. The Balaban J connectivity index is 1.90. The zero-order valence-corrected chi connectivity index (χ0v) is 11.6. The molecule has 0 aliphatic heterocycles. The molecule has 20 heavy (non-hydrogen) atoms. The van der Waals surface area contributed by atoms with Gasteiger partial charge in [0.15, 0.2) is 11.5 Å². The number of carbonyl (C=O) groups is 1. The summed E-state index contributed by atoms with van der Waals surface area (Å²) in [5.74, 6) is 0.547. The topological polar surface area (TPSA) is 70.9 Å². The number of benzene rings is 1. The first-order valence-electron chi connectivity index (χ1n) is 6.90. The van der Waals surface area contributed by atoms with E-state index < -0.39 is 0 Å². The van der Waals surface area contributed by atoms with Gasteiger partial charge < -0.3 is 9.84 Å². The molecule has 1 amide bonds. The van der Waals surface area contributed by atoms with Crippen molar-refractivity contribution in [2.75, 3.05) is 7.11 Å². The molecule has 5 nitrogen and oxygen atoms in total. The maximum Gasteiger partial charge on any atom is 0.243 e. The second kappa shape index (κ2) is 6.93. The van der Waals surface area contributed by atoms with Crippen LogP contribution in [0.25, 0.3) is 0 Å². The number of ether oxygens (including phenoxy) is 1. The van der Waals surface area contributed by atoms with Crippen LogP contribution in [0.2, 0.25) is 0 Å². The van der Waals surface area contributed by atoms with Crippen LogP contribution in [-0.2, 0) is 4.79 Å². The molecule has 1 aliphatic carbocycles. The summed E-state index contributed by atoms with van der Waals surface area (Å²) in [4.78, 5) is 11.9. The molecule has 1 fully saturated rings. The molecule has 0 bridgehead atoms. The van der Waals surface area contributed by atoms with Crippen molar-refractivity contribution in [3.8, 4) is 11.5 Å². The highest BCUT2D eigenvalue weighted by molar-refractivity contribution is 5.84. The molecule has 2 rings (SSSR count). The van der Waals surface area contributed by atoms with Gasteiger partial charge >= 0.3 is 0 Å². The summed E-state index contributed by atoms with van der Waals surface area (Å²) in [5.41, 5.74) is 3.33. The van der Waals surface area contributed by atoms with Crippen molar-refractivity contribution in [2.24, 2.45) is 11.0 Å². The maximum atomic E-state index is 11.9. The molecule has 1 aromatic rings. The summed E-state index contributed by atoms with van der Waals surface area (Å²) in [7, 11) is 1.49. The molecule has 1 aliphatic rings. The van der Waals surface area contributed by atoms with Crippen LogP contribution in [0.1, 0.15) is 37.7 Å². The lowest BCUT2D eigenvalue weighted by atomic mass is 9.89. The molecule has 2 N–H and O–H groups in total. The number of hydrogen-bond acceptors (Lipinski definition) is 4. The first kappa shape index (κ1) is 14.4. The quantitative estimate of drug-likeness (QED) is 0.655. The molecule has 0 radical (unpaired) electrons. The number of nitrogens with zero attached hydrogens (tertiary/aromatic N) is 1. The molecule has 0 unspecified atom stereocenters. The highest BCUT2D eigenvalue weighted by Gasteiger charge is 2.20.